The molecule has 1 aromatic rings. The maximum absolute atomic E-state index is 14.4. The molecule has 0 aliphatic heterocycles. The van der Waals surface area contributed by atoms with E-state index in [4.69, 9.17) is 0 Å². The summed E-state index contributed by atoms with van der Waals surface area (Å²) >= 11 is 0. The van der Waals surface area contributed by atoms with Gasteiger partial charge in [0.2, 0.25) is 0 Å². The van der Waals surface area contributed by atoms with Crippen molar-refractivity contribution in [2.24, 2.45) is 29.6 Å². The second-order valence-corrected chi connectivity index (χ2v) is 11.0. The van der Waals surface area contributed by atoms with E-state index < -0.39 is 0 Å². The highest BCUT2D eigenvalue weighted by Gasteiger charge is 2.36. The second kappa shape index (κ2) is 9.97. The first-order valence-corrected chi connectivity index (χ1v) is 12.9. The normalized spacial score (nSPS) is 35.3. The number of benzene rings is 1. The van der Waals surface area contributed by atoms with Gasteiger partial charge in [-0.3, -0.25) is 0 Å². The highest BCUT2D eigenvalue weighted by Crippen LogP contribution is 2.49. The molecule has 0 radical (unpaired) electrons. The van der Waals surface area contributed by atoms with Gasteiger partial charge in [0, 0.05) is 0 Å². The summed E-state index contributed by atoms with van der Waals surface area (Å²) in [5, 5.41) is 0. The summed E-state index contributed by atoms with van der Waals surface area (Å²) < 4.78 is 14.4. The van der Waals surface area contributed by atoms with Gasteiger partial charge in [-0.1, -0.05) is 77.3 Å². The van der Waals surface area contributed by atoms with Crippen molar-refractivity contribution in [2.75, 3.05) is 0 Å². The van der Waals surface area contributed by atoms with Crippen LogP contribution in [0.25, 0.3) is 0 Å². The van der Waals surface area contributed by atoms with E-state index in [0.717, 1.165) is 48.0 Å². The molecule has 0 aromatic heterocycles. The van der Waals surface area contributed by atoms with Crippen molar-refractivity contribution >= 4 is 0 Å². The Morgan fingerprint density at radius 3 is 2.28 bits per heavy atom. The second-order valence-electron chi connectivity index (χ2n) is 11.0. The Balaban J connectivity index is 1.25. The standard InChI is InChI=1S/C28H43F/c1-3-4-23-13-14-27(19-28(23)29)26-16-15-24-17-22(11-12-25(24)18-26)10-9-21-7-5-20(2)6-8-21/h13-14,19-22,24-26H,3-12,15-18H2,1-2H3. The van der Waals surface area contributed by atoms with Gasteiger partial charge in [-0.25, -0.2) is 4.39 Å². The molecule has 0 nitrogen and oxygen atoms in total. The quantitative estimate of drug-likeness (QED) is 0.449. The molecule has 0 saturated heterocycles. The van der Waals surface area contributed by atoms with Gasteiger partial charge >= 0.3 is 0 Å². The molecule has 0 bridgehead atoms. The van der Waals surface area contributed by atoms with Gasteiger partial charge in [0.1, 0.15) is 5.82 Å². The van der Waals surface area contributed by atoms with Crippen molar-refractivity contribution < 1.29 is 4.39 Å². The number of halogens is 1. The molecule has 4 rings (SSSR count). The van der Waals surface area contributed by atoms with Crippen LogP contribution in [0.2, 0.25) is 0 Å². The highest BCUT2D eigenvalue weighted by atomic mass is 19.1. The maximum atomic E-state index is 14.4. The first-order valence-electron chi connectivity index (χ1n) is 12.9. The Hall–Kier alpha value is -0.850. The fourth-order valence-electron chi connectivity index (χ4n) is 6.93. The van der Waals surface area contributed by atoms with E-state index in [9.17, 15) is 4.39 Å². The molecule has 1 heteroatoms. The molecule has 0 spiro atoms. The van der Waals surface area contributed by atoms with Gasteiger partial charge in [-0.2, -0.15) is 0 Å². The molecule has 0 heterocycles. The zero-order valence-electron chi connectivity index (χ0n) is 19.0. The van der Waals surface area contributed by atoms with Gasteiger partial charge < -0.3 is 0 Å². The summed E-state index contributed by atoms with van der Waals surface area (Å²) in [5.74, 6) is 5.50. The third kappa shape index (κ3) is 5.45. The number of fused-ring (bicyclic) bond motifs is 1. The van der Waals surface area contributed by atoms with Crippen LogP contribution in [-0.4, -0.2) is 0 Å². The van der Waals surface area contributed by atoms with E-state index >= 15 is 0 Å². The maximum Gasteiger partial charge on any atom is 0.126 e. The lowest BCUT2D eigenvalue weighted by Gasteiger charge is -2.43. The molecule has 0 N–H and O–H groups in total. The molecule has 0 amide bonds. The van der Waals surface area contributed by atoms with Crippen molar-refractivity contribution in [3.05, 3.63) is 35.1 Å². The molecule has 3 aliphatic rings. The third-order valence-electron chi connectivity index (χ3n) is 8.91. The Morgan fingerprint density at radius 2 is 1.52 bits per heavy atom. The SMILES string of the molecule is CCCc1ccc(C2CCC3CC(CCC4CCC(C)CC4)CCC3C2)cc1F. The van der Waals surface area contributed by atoms with Crippen LogP contribution in [0, 0.1) is 35.4 Å². The van der Waals surface area contributed by atoms with Crippen molar-refractivity contribution in [2.45, 2.75) is 110 Å². The van der Waals surface area contributed by atoms with Gasteiger partial charge in [0.25, 0.3) is 0 Å². The molecule has 3 saturated carbocycles. The predicted molar refractivity (Wildman–Crippen MR) is 122 cm³/mol. The molecular formula is C28H43F. The van der Waals surface area contributed by atoms with Crippen molar-refractivity contribution in [1.82, 2.24) is 0 Å². The van der Waals surface area contributed by atoms with Crippen LogP contribution < -0.4 is 0 Å². The smallest absolute Gasteiger partial charge is 0.126 e. The third-order valence-corrected chi connectivity index (χ3v) is 8.91. The van der Waals surface area contributed by atoms with Gasteiger partial charge in [0.05, 0.1) is 0 Å². The Morgan fingerprint density at radius 1 is 0.828 bits per heavy atom. The predicted octanol–water partition coefficient (Wildman–Crippen LogP) is 8.68. The fraction of sp³-hybridized carbons (Fsp3) is 0.786. The number of aryl methyl sites for hydroxylation is 1. The van der Waals surface area contributed by atoms with Crippen molar-refractivity contribution in [3.63, 3.8) is 0 Å². The van der Waals surface area contributed by atoms with Crippen molar-refractivity contribution in [1.29, 1.82) is 0 Å². The molecular weight excluding hydrogens is 355 g/mol. The van der Waals surface area contributed by atoms with E-state index in [1.165, 1.54) is 82.6 Å². The minimum absolute atomic E-state index is 0.0345. The molecule has 4 unspecified atom stereocenters. The van der Waals surface area contributed by atoms with Crippen LogP contribution in [0.15, 0.2) is 18.2 Å². The van der Waals surface area contributed by atoms with E-state index in [2.05, 4.69) is 26.0 Å². The molecule has 1 aromatic carbocycles. The lowest BCUT2D eigenvalue weighted by molar-refractivity contribution is 0.109. The zero-order valence-corrected chi connectivity index (χ0v) is 19.0. The number of hydrogen-bond donors (Lipinski definition) is 0. The first kappa shape index (κ1) is 21.4. The molecule has 3 fully saturated rings. The lowest BCUT2D eigenvalue weighted by atomic mass is 9.63. The largest absolute Gasteiger partial charge is 0.207 e. The van der Waals surface area contributed by atoms with E-state index in [1.807, 2.05) is 6.07 Å². The van der Waals surface area contributed by atoms with Gasteiger partial charge in [-0.05, 0) is 91.2 Å². The minimum Gasteiger partial charge on any atom is -0.207 e. The lowest BCUT2D eigenvalue weighted by Crippen LogP contribution is -2.30. The topological polar surface area (TPSA) is 0 Å². The Kier molecular flexibility index (Phi) is 7.35. The molecule has 4 atom stereocenters. The molecule has 29 heavy (non-hydrogen) atoms. The monoisotopic (exact) mass is 398 g/mol. The summed E-state index contributed by atoms with van der Waals surface area (Å²) in [5.41, 5.74) is 2.17. The van der Waals surface area contributed by atoms with Crippen LogP contribution >= 0.6 is 0 Å². The Bertz CT molecular complexity index is 642. The van der Waals surface area contributed by atoms with Crippen LogP contribution in [-0.2, 0) is 6.42 Å². The zero-order chi connectivity index (χ0) is 20.2. The van der Waals surface area contributed by atoms with E-state index in [1.54, 1.807) is 0 Å². The number of hydrogen-bond acceptors (Lipinski definition) is 0. The summed E-state index contributed by atoms with van der Waals surface area (Å²) in [6.45, 7) is 4.56. The average Bonchev–Trinajstić information content (AvgIpc) is 2.74. The molecule has 3 aliphatic carbocycles. The van der Waals surface area contributed by atoms with Crippen molar-refractivity contribution in [3.8, 4) is 0 Å². The minimum atomic E-state index is 0.0345. The number of rotatable bonds is 6. The summed E-state index contributed by atoms with van der Waals surface area (Å²) in [6.07, 6.45) is 19.2. The first-order chi connectivity index (χ1) is 14.1. The van der Waals surface area contributed by atoms with E-state index in [-0.39, 0.29) is 5.82 Å². The average molecular weight is 399 g/mol. The Labute approximate surface area is 179 Å². The molecule has 162 valence electrons. The summed E-state index contributed by atoms with van der Waals surface area (Å²) in [7, 11) is 0. The van der Waals surface area contributed by atoms with Gasteiger partial charge in [0.15, 0.2) is 0 Å². The van der Waals surface area contributed by atoms with Gasteiger partial charge in [-0.15, -0.1) is 0 Å². The fourth-order valence-corrected chi connectivity index (χ4v) is 6.93. The van der Waals surface area contributed by atoms with Crippen LogP contribution in [0.4, 0.5) is 4.39 Å². The van der Waals surface area contributed by atoms with Crippen LogP contribution in [0.5, 0.6) is 0 Å². The summed E-state index contributed by atoms with van der Waals surface area (Å²) in [6, 6.07) is 6.16. The van der Waals surface area contributed by atoms with E-state index in [0.29, 0.717) is 5.92 Å². The van der Waals surface area contributed by atoms with Crippen LogP contribution in [0.3, 0.4) is 0 Å². The highest BCUT2D eigenvalue weighted by molar-refractivity contribution is 5.27. The summed E-state index contributed by atoms with van der Waals surface area (Å²) in [4.78, 5) is 0. The van der Waals surface area contributed by atoms with Crippen LogP contribution in [0.1, 0.15) is 114 Å².